The van der Waals surface area contributed by atoms with Crippen LogP contribution in [-0.2, 0) is 0 Å². The van der Waals surface area contributed by atoms with Gasteiger partial charge in [-0.15, -0.1) is 0 Å². The molecule has 1 aliphatic heterocycles. The Kier molecular flexibility index (Phi) is 1.72. The van der Waals surface area contributed by atoms with Crippen LogP contribution in [0.25, 0.3) is 0 Å². The van der Waals surface area contributed by atoms with Crippen LogP contribution in [-0.4, -0.2) is 40.4 Å². The zero-order valence-electron chi connectivity index (χ0n) is 6.81. The van der Waals surface area contributed by atoms with Gasteiger partial charge in [0.25, 0.3) is 0 Å². The van der Waals surface area contributed by atoms with E-state index in [0.29, 0.717) is 24.9 Å². The fraction of sp³-hybridized carbons (Fsp3) is 0.875. The molecule has 1 aliphatic carbocycles. The van der Waals surface area contributed by atoms with E-state index in [9.17, 15) is 9.90 Å². The lowest BCUT2D eigenvalue weighted by molar-refractivity contribution is 0.138. The van der Waals surface area contributed by atoms with Gasteiger partial charge >= 0.3 is 6.09 Å². The molecule has 2 rings (SSSR count). The third-order valence-corrected chi connectivity index (χ3v) is 3.00. The maximum absolute atomic E-state index is 10.6. The average Bonchev–Trinajstić information content (AvgIpc) is 2.42. The summed E-state index contributed by atoms with van der Waals surface area (Å²) in [6, 6.07) is 0. The Hall–Kier alpha value is -0.770. The first-order valence-electron chi connectivity index (χ1n) is 4.32. The molecule has 12 heavy (non-hydrogen) atoms. The van der Waals surface area contributed by atoms with Gasteiger partial charge in [-0.3, -0.25) is 0 Å². The zero-order valence-corrected chi connectivity index (χ0v) is 6.81. The molecule has 0 aromatic carbocycles. The van der Waals surface area contributed by atoms with Crippen molar-refractivity contribution in [3.63, 3.8) is 0 Å². The highest BCUT2D eigenvalue weighted by atomic mass is 16.4. The van der Waals surface area contributed by atoms with Crippen molar-refractivity contribution < 1.29 is 15.0 Å². The zero-order chi connectivity index (χ0) is 8.72. The van der Waals surface area contributed by atoms with Gasteiger partial charge in [-0.1, -0.05) is 0 Å². The van der Waals surface area contributed by atoms with Crippen molar-refractivity contribution in [1.29, 1.82) is 0 Å². The van der Waals surface area contributed by atoms with E-state index in [0.717, 1.165) is 12.8 Å². The normalized spacial score (nSPS) is 40.1. The molecule has 0 unspecified atom stereocenters. The van der Waals surface area contributed by atoms with Gasteiger partial charge in [0.1, 0.15) is 0 Å². The summed E-state index contributed by atoms with van der Waals surface area (Å²) in [5.41, 5.74) is 0. The summed E-state index contributed by atoms with van der Waals surface area (Å²) < 4.78 is 0. The van der Waals surface area contributed by atoms with Gasteiger partial charge in [0, 0.05) is 13.1 Å². The van der Waals surface area contributed by atoms with E-state index in [4.69, 9.17) is 5.11 Å². The number of rotatable bonds is 0. The molecule has 68 valence electrons. The Morgan fingerprint density at radius 1 is 1.25 bits per heavy atom. The summed E-state index contributed by atoms with van der Waals surface area (Å²) in [6.07, 6.45) is 0.568. The van der Waals surface area contributed by atoms with Crippen LogP contribution in [0, 0.1) is 11.8 Å². The number of aliphatic hydroxyl groups excluding tert-OH is 1. The monoisotopic (exact) mass is 171 g/mol. The second-order valence-corrected chi connectivity index (χ2v) is 3.83. The lowest BCUT2D eigenvalue weighted by atomic mass is 10.0. The van der Waals surface area contributed by atoms with Gasteiger partial charge in [0.05, 0.1) is 6.10 Å². The Balaban J connectivity index is 1.98. The quantitative estimate of drug-likeness (QED) is 0.553. The lowest BCUT2D eigenvalue weighted by Gasteiger charge is -2.13. The number of hydrogen-bond donors (Lipinski definition) is 2. The number of aliphatic hydroxyl groups is 1. The van der Waals surface area contributed by atoms with Crippen LogP contribution in [0.2, 0.25) is 0 Å². The molecule has 1 saturated carbocycles. The molecular formula is C8H13NO3. The van der Waals surface area contributed by atoms with Crippen LogP contribution in [0.1, 0.15) is 12.8 Å². The van der Waals surface area contributed by atoms with Crippen LogP contribution in [0.15, 0.2) is 0 Å². The predicted octanol–water partition coefficient (Wildman–Crippen LogP) is 0.367. The molecule has 0 spiro atoms. The van der Waals surface area contributed by atoms with E-state index in [1.54, 1.807) is 0 Å². The number of nitrogens with zero attached hydrogens (tertiary/aromatic N) is 1. The minimum Gasteiger partial charge on any atom is -0.465 e. The summed E-state index contributed by atoms with van der Waals surface area (Å²) in [6.45, 7) is 1.24. The number of carbonyl (C=O) groups is 1. The SMILES string of the molecule is O=C(O)N1C[C@H]2C[C@@H](O)C[C@H]2C1. The molecule has 2 fully saturated rings. The summed E-state index contributed by atoms with van der Waals surface area (Å²) in [7, 11) is 0. The number of hydrogen-bond acceptors (Lipinski definition) is 2. The van der Waals surface area contributed by atoms with Crippen molar-refractivity contribution >= 4 is 6.09 Å². The fourth-order valence-electron chi connectivity index (χ4n) is 2.42. The summed E-state index contributed by atoms with van der Waals surface area (Å²) in [5.74, 6) is 0.826. The summed E-state index contributed by atoms with van der Waals surface area (Å²) in [5, 5.41) is 18.0. The van der Waals surface area contributed by atoms with Crippen LogP contribution in [0.3, 0.4) is 0 Å². The Morgan fingerprint density at radius 3 is 2.17 bits per heavy atom. The highest BCUT2D eigenvalue weighted by Gasteiger charge is 2.41. The van der Waals surface area contributed by atoms with Crippen molar-refractivity contribution in [2.75, 3.05) is 13.1 Å². The molecule has 1 saturated heterocycles. The lowest BCUT2D eigenvalue weighted by Crippen LogP contribution is -2.28. The Labute approximate surface area is 70.8 Å². The molecule has 0 aromatic rings. The molecule has 4 heteroatoms. The van der Waals surface area contributed by atoms with E-state index in [1.165, 1.54) is 4.90 Å². The molecule has 1 heterocycles. The van der Waals surface area contributed by atoms with E-state index >= 15 is 0 Å². The first-order chi connectivity index (χ1) is 5.66. The maximum Gasteiger partial charge on any atom is 0.407 e. The summed E-state index contributed by atoms with van der Waals surface area (Å²) >= 11 is 0. The first kappa shape index (κ1) is 7.86. The Morgan fingerprint density at radius 2 is 1.75 bits per heavy atom. The van der Waals surface area contributed by atoms with Gasteiger partial charge < -0.3 is 15.1 Å². The van der Waals surface area contributed by atoms with Crippen LogP contribution in [0.5, 0.6) is 0 Å². The van der Waals surface area contributed by atoms with Crippen molar-refractivity contribution in [3.8, 4) is 0 Å². The van der Waals surface area contributed by atoms with E-state index < -0.39 is 6.09 Å². The number of likely N-dealkylation sites (tertiary alicyclic amines) is 1. The third kappa shape index (κ3) is 1.16. The molecular weight excluding hydrogens is 158 g/mol. The average molecular weight is 171 g/mol. The van der Waals surface area contributed by atoms with E-state index in [-0.39, 0.29) is 6.10 Å². The van der Waals surface area contributed by atoms with Gasteiger partial charge in [0.2, 0.25) is 0 Å². The first-order valence-corrected chi connectivity index (χ1v) is 4.32. The van der Waals surface area contributed by atoms with Crippen molar-refractivity contribution in [3.05, 3.63) is 0 Å². The molecule has 3 atom stereocenters. The molecule has 0 aromatic heterocycles. The van der Waals surface area contributed by atoms with Gasteiger partial charge in [-0.2, -0.15) is 0 Å². The second-order valence-electron chi connectivity index (χ2n) is 3.83. The van der Waals surface area contributed by atoms with Crippen LogP contribution in [0.4, 0.5) is 4.79 Å². The molecule has 2 N–H and O–H groups in total. The van der Waals surface area contributed by atoms with Crippen molar-refractivity contribution in [1.82, 2.24) is 4.90 Å². The van der Waals surface area contributed by atoms with E-state index in [2.05, 4.69) is 0 Å². The minimum absolute atomic E-state index is 0.184. The smallest absolute Gasteiger partial charge is 0.407 e. The van der Waals surface area contributed by atoms with Crippen molar-refractivity contribution in [2.45, 2.75) is 18.9 Å². The fourth-order valence-corrected chi connectivity index (χ4v) is 2.42. The number of fused-ring (bicyclic) bond motifs is 1. The molecule has 1 amide bonds. The third-order valence-electron chi connectivity index (χ3n) is 3.00. The van der Waals surface area contributed by atoms with Crippen LogP contribution >= 0.6 is 0 Å². The topological polar surface area (TPSA) is 60.8 Å². The second kappa shape index (κ2) is 2.62. The van der Waals surface area contributed by atoms with E-state index in [1.807, 2.05) is 0 Å². The molecule has 2 aliphatic rings. The largest absolute Gasteiger partial charge is 0.465 e. The van der Waals surface area contributed by atoms with Gasteiger partial charge in [-0.25, -0.2) is 4.79 Å². The molecule has 0 bridgehead atoms. The minimum atomic E-state index is -0.820. The highest BCUT2D eigenvalue weighted by Crippen LogP contribution is 2.37. The molecule has 4 nitrogen and oxygen atoms in total. The predicted molar refractivity (Wildman–Crippen MR) is 41.8 cm³/mol. The highest BCUT2D eigenvalue weighted by molar-refractivity contribution is 5.65. The summed E-state index contributed by atoms with van der Waals surface area (Å²) in [4.78, 5) is 12.0. The Bertz CT molecular complexity index is 192. The van der Waals surface area contributed by atoms with Crippen LogP contribution < -0.4 is 0 Å². The number of carboxylic acid groups (broad SMARTS) is 1. The van der Waals surface area contributed by atoms with Crippen molar-refractivity contribution in [2.24, 2.45) is 11.8 Å². The molecule has 0 radical (unpaired) electrons. The maximum atomic E-state index is 10.6. The standard InChI is InChI=1S/C8H13NO3/c10-7-1-5-3-9(8(11)12)4-6(5)2-7/h5-7,10H,1-4H2,(H,11,12)/t5-,6+,7-. The van der Waals surface area contributed by atoms with Gasteiger partial charge in [0.15, 0.2) is 0 Å². The number of amides is 1. The van der Waals surface area contributed by atoms with Gasteiger partial charge in [-0.05, 0) is 24.7 Å².